The van der Waals surface area contributed by atoms with E-state index >= 15 is 0 Å². The summed E-state index contributed by atoms with van der Waals surface area (Å²) < 4.78 is 15.6. The molecule has 0 spiro atoms. The van der Waals surface area contributed by atoms with E-state index in [1.165, 1.54) is 69.5 Å². The van der Waals surface area contributed by atoms with E-state index in [1.54, 1.807) is 0 Å². The van der Waals surface area contributed by atoms with E-state index in [2.05, 4.69) is 107 Å². The average Bonchev–Trinajstić information content (AvgIpc) is 3.29. The van der Waals surface area contributed by atoms with Crippen molar-refractivity contribution < 1.29 is 9.31 Å². The topological polar surface area (TPSA) is 18.5 Å². The molecule has 0 saturated carbocycles. The van der Waals surface area contributed by atoms with Crippen molar-refractivity contribution in [1.29, 1.82) is 0 Å². The Morgan fingerprint density at radius 2 is 1.17 bits per heavy atom. The highest BCUT2D eigenvalue weighted by Crippen LogP contribution is 2.38. The molecular weight excluding hydrogens is 439 g/mol. The molecule has 1 saturated heterocycles. The molecule has 35 heavy (non-hydrogen) atoms. The van der Waals surface area contributed by atoms with Gasteiger partial charge in [0.1, 0.15) is 54.9 Å². The van der Waals surface area contributed by atoms with Crippen molar-refractivity contribution in [3.8, 4) is 11.1 Å². The Balaban J connectivity index is 1.79. The van der Waals surface area contributed by atoms with Gasteiger partial charge in [-0.15, -0.1) is 27.7 Å². The molecule has 11 heteroatoms. The van der Waals surface area contributed by atoms with Crippen LogP contribution in [0.15, 0.2) is 24.3 Å². The van der Waals surface area contributed by atoms with Crippen LogP contribution in [0.2, 0.25) is 0 Å². The van der Waals surface area contributed by atoms with Crippen LogP contribution in [0.3, 0.4) is 0 Å². The molecule has 4 aromatic rings. The Labute approximate surface area is 220 Å². The molecule has 2 nitrogen and oxygen atoms in total. The second-order valence-electron chi connectivity index (χ2n) is 11.5. The van der Waals surface area contributed by atoms with E-state index in [-0.39, 0.29) is 18.3 Å². The number of rotatable bonds is 2. The van der Waals surface area contributed by atoms with Crippen LogP contribution in [-0.2, 0) is 9.31 Å². The molecule has 1 fully saturated rings. The number of hydrogen-bond acceptors (Lipinski definition) is 3. The second kappa shape index (κ2) is 8.16. The summed E-state index contributed by atoms with van der Waals surface area (Å²) in [6.45, 7) is 8.44. The smallest absolute Gasteiger partial charge is 0.399 e. The van der Waals surface area contributed by atoms with E-state index in [0.717, 1.165) is 5.46 Å². The largest absolute Gasteiger partial charge is 0.494 e. The number of thiophene rings is 1. The van der Waals surface area contributed by atoms with Gasteiger partial charge in [-0.25, -0.2) is 0 Å². The summed E-state index contributed by atoms with van der Waals surface area (Å²) in [7, 11) is 15.6. The Hall–Kier alpha value is -1.68. The van der Waals surface area contributed by atoms with Crippen LogP contribution >= 0.6 is 11.3 Å². The van der Waals surface area contributed by atoms with E-state index < -0.39 is 0 Å². The quantitative estimate of drug-likeness (QED) is 0.273. The molecule has 1 aliphatic heterocycles. The summed E-state index contributed by atoms with van der Waals surface area (Å²) in [5, 5.41) is 2.86. The lowest BCUT2D eigenvalue weighted by Gasteiger charge is -2.32. The average molecular weight is 469 g/mol. The van der Waals surface area contributed by atoms with Gasteiger partial charge in [0, 0.05) is 9.40 Å². The molecule has 3 aromatic carbocycles. The maximum absolute atomic E-state index is 6.39. The highest BCUT2D eigenvalue weighted by atomic mass is 32.1. The zero-order chi connectivity index (χ0) is 25.6. The van der Waals surface area contributed by atoms with Crippen molar-refractivity contribution in [2.45, 2.75) is 38.9 Å². The lowest BCUT2D eigenvalue weighted by Crippen LogP contribution is -2.47. The van der Waals surface area contributed by atoms with Crippen LogP contribution < -0.4 is 43.7 Å². The molecule has 0 amide bonds. The highest BCUT2D eigenvalue weighted by molar-refractivity contribution is 7.28. The summed E-state index contributed by atoms with van der Waals surface area (Å²) in [5.41, 5.74) is 12.7. The molecule has 1 aromatic heterocycles. The van der Waals surface area contributed by atoms with Gasteiger partial charge in [0.25, 0.3) is 0 Å². The van der Waals surface area contributed by atoms with Crippen molar-refractivity contribution in [2.24, 2.45) is 0 Å². The molecule has 0 atom stereocenters. The minimum absolute atomic E-state index is 0.354. The summed E-state index contributed by atoms with van der Waals surface area (Å²) in [4.78, 5) is 0. The third kappa shape index (κ3) is 3.56. The first-order valence-electron chi connectivity index (χ1n) is 12.6. The van der Waals surface area contributed by atoms with Gasteiger partial charge < -0.3 is 9.31 Å². The fourth-order valence-electron chi connectivity index (χ4n) is 5.50. The fraction of sp³-hybridized carbons (Fsp3) is 0.250. The lowest BCUT2D eigenvalue weighted by molar-refractivity contribution is 0.00578. The molecule has 5 rings (SSSR count). The van der Waals surface area contributed by atoms with Crippen molar-refractivity contribution >= 4 is 137 Å². The first-order chi connectivity index (χ1) is 16.3. The Bertz CT molecular complexity index is 1530. The number of fused-ring (bicyclic) bond motifs is 3. The molecule has 0 radical (unpaired) electrons. The predicted octanol–water partition coefficient (Wildman–Crippen LogP) is -6.17. The number of benzene rings is 3. The van der Waals surface area contributed by atoms with Crippen LogP contribution in [-0.4, -0.2) is 73.2 Å². The van der Waals surface area contributed by atoms with E-state index in [0.29, 0.717) is 0 Å². The van der Waals surface area contributed by atoms with Gasteiger partial charge in [0.2, 0.25) is 0 Å². The Morgan fingerprint density at radius 1 is 0.657 bits per heavy atom. The normalized spacial score (nSPS) is 17.0. The molecule has 0 unspecified atom stereocenters. The zero-order valence-corrected chi connectivity index (χ0v) is 23.9. The Kier molecular flexibility index (Phi) is 5.83. The SMILES string of the molecule is Bc1c(B)c(B)c2c(sc3c(-c4cccc(B5OC(C)(C)C(C)(C)O5)c4)c(B)c(B)c(B)c32)c1B. The Morgan fingerprint density at radius 3 is 1.77 bits per heavy atom. The summed E-state index contributed by atoms with van der Waals surface area (Å²) in [6.07, 6.45) is 0. The minimum atomic E-state index is -0.362. The predicted molar refractivity (Wildman–Crippen MR) is 178 cm³/mol. The molecule has 1 aliphatic rings. The fourth-order valence-corrected chi connectivity index (χ4v) is 7.10. The monoisotopic (exact) mass is 470 g/mol. The van der Waals surface area contributed by atoms with Gasteiger partial charge in [0.05, 0.1) is 11.2 Å². The van der Waals surface area contributed by atoms with Crippen molar-refractivity contribution in [2.75, 3.05) is 0 Å². The summed E-state index contributed by atoms with van der Waals surface area (Å²) in [6, 6.07) is 8.80. The van der Waals surface area contributed by atoms with Crippen LogP contribution in [0.25, 0.3) is 31.3 Å². The van der Waals surface area contributed by atoms with Gasteiger partial charge in [-0.05, 0) is 55.1 Å². The van der Waals surface area contributed by atoms with Crippen LogP contribution in [0, 0.1) is 0 Å². The third-order valence-corrected chi connectivity index (χ3v) is 10.4. The van der Waals surface area contributed by atoms with Gasteiger partial charge >= 0.3 is 7.12 Å². The molecule has 0 N–H and O–H groups in total. The lowest BCUT2D eigenvalue weighted by atomic mass is 9.64. The molecule has 2 heterocycles. The van der Waals surface area contributed by atoms with Crippen molar-refractivity contribution in [3.63, 3.8) is 0 Å². The maximum Gasteiger partial charge on any atom is 0.494 e. The van der Waals surface area contributed by atoms with E-state index in [1.807, 2.05) is 11.3 Å². The van der Waals surface area contributed by atoms with Crippen LogP contribution in [0.5, 0.6) is 0 Å². The van der Waals surface area contributed by atoms with Gasteiger partial charge in [-0.1, -0.05) is 46.1 Å². The van der Waals surface area contributed by atoms with Crippen molar-refractivity contribution in [3.05, 3.63) is 24.3 Å². The molecule has 0 aliphatic carbocycles. The van der Waals surface area contributed by atoms with E-state index in [9.17, 15) is 0 Å². The minimum Gasteiger partial charge on any atom is -0.399 e. The first kappa shape index (κ1) is 25.0. The van der Waals surface area contributed by atoms with Gasteiger partial charge in [-0.3, -0.25) is 0 Å². The van der Waals surface area contributed by atoms with Crippen LogP contribution in [0.1, 0.15) is 27.7 Å². The standard InChI is InChI=1S/C24H30B8O2S/c1-23(2)24(3,4)34-32(33-23)10-7-5-6-9(8-10)11-14(25)17(28)15(26)12-13-16(27)18(29)19(30)20(31)22(13)35-21(11)12/h5-8H,25-31H2,1-4H3. The molecule has 0 bridgehead atoms. The molecular formula is C24H30B8O2S. The number of hydrogen-bond donors (Lipinski definition) is 0. The summed E-state index contributed by atoms with van der Waals surface area (Å²) >= 11 is 1.96. The van der Waals surface area contributed by atoms with E-state index in [4.69, 9.17) is 9.31 Å². The molecule has 168 valence electrons. The highest BCUT2D eigenvalue weighted by Gasteiger charge is 2.51. The van der Waals surface area contributed by atoms with Gasteiger partial charge in [0.15, 0.2) is 0 Å². The van der Waals surface area contributed by atoms with Gasteiger partial charge in [-0.2, -0.15) is 0 Å². The second-order valence-corrected chi connectivity index (χ2v) is 12.5. The summed E-state index contributed by atoms with van der Waals surface area (Å²) in [5.74, 6) is 0. The maximum atomic E-state index is 6.39. The van der Waals surface area contributed by atoms with Crippen molar-refractivity contribution in [1.82, 2.24) is 0 Å². The first-order valence-corrected chi connectivity index (χ1v) is 13.5. The van der Waals surface area contributed by atoms with Crippen LogP contribution in [0.4, 0.5) is 0 Å². The third-order valence-electron chi connectivity index (χ3n) is 9.11. The zero-order valence-electron chi connectivity index (χ0n) is 23.1.